The van der Waals surface area contributed by atoms with Crippen molar-refractivity contribution in [1.82, 2.24) is 4.90 Å². The van der Waals surface area contributed by atoms with Gasteiger partial charge >= 0.3 is 0 Å². The van der Waals surface area contributed by atoms with Gasteiger partial charge in [0.05, 0.1) is 19.2 Å². The second-order valence-corrected chi connectivity index (χ2v) is 9.02. The van der Waals surface area contributed by atoms with Crippen LogP contribution in [-0.2, 0) is 16.0 Å². The molecule has 1 heterocycles. The van der Waals surface area contributed by atoms with Gasteiger partial charge in [0, 0.05) is 17.3 Å². The number of aryl methyl sites for hydroxylation is 1. The first-order valence-electron chi connectivity index (χ1n) is 11.3. The number of amides is 2. The van der Waals surface area contributed by atoms with E-state index in [0.717, 1.165) is 12.8 Å². The minimum absolute atomic E-state index is 0.0204. The molecule has 6 nitrogen and oxygen atoms in total. The Morgan fingerprint density at radius 2 is 1.80 bits per heavy atom. The van der Waals surface area contributed by atoms with Crippen LogP contribution in [0.25, 0.3) is 0 Å². The van der Waals surface area contributed by atoms with Gasteiger partial charge in [-0.1, -0.05) is 48.0 Å². The van der Waals surface area contributed by atoms with Crippen LogP contribution >= 0.6 is 23.8 Å². The third kappa shape index (κ3) is 5.99. The fourth-order valence-electron chi connectivity index (χ4n) is 4.10. The molecule has 1 fully saturated rings. The number of halogens is 1. The largest absolute Gasteiger partial charge is 0.497 e. The topological polar surface area (TPSA) is 61.9 Å². The van der Waals surface area contributed by atoms with Crippen LogP contribution in [0, 0.1) is 0 Å². The highest BCUT2D eigenvalue weighted by Crippen LogP contribution is 2.29. The Kier molecular flexibility index (Phi) is 8.00. The van der Waals surface area contributed by atoms with Crippen molar-refractivity contribution in [3.8, 4) is 5.75 Å². The molecule has 3 aromatic carbocycles. The molecule has 0 aliphatic carbocycles. The van der Waals surface area contributed by atoms with Crippen LogP contribution in [0.2, 0.25) is 5.02 Å². The third-order valence-corrected chi connectivity index (χ3v) is 6.50. The van der Waals surface area contributed by atoms with Gasteiger partial charge < -0.3 is 15.0 Å². The van der Waals surface area contributed by atoms with E-state index in [-0.39, 0.29) is 18.2 Å². The quantitative estimate of drug-likeness (QED) is 0.397. The number of benzene rings is 3. The molecule has 0 saturated carbocycles. The number of methoxy groups -OCH3 is 1. The second-order valence-electron chi connectivity index (χ2n) is 8.22. The molecule has 0 radical (unpaired) electrons. The van der Waals surface area contributed by atoms with Gasteiger partial charge in [0.1, 0.15) is 11.8 Å². The van der Waals surface area contributed by atoms with Crippen molar-refractivity contribution in [2.45, 2.75) is 25.3 Å². The van der Waals surface area contributed by atoms with Crippen LogP contribution in [0.15, 0.2) is 78.9 Å². The molecule has 1 saturated heterocycles. The molecule has 35 heavy (non-hydrogen) atoms. The van der Waals surface area contributed by atoms with Crippen LogP contribution < -0.4 is 15.0 Å². The standard InChI is InChI=1S/C27H26ClN3O3S/c1-34-23-14-12-21(13-15-23)29-25(32)18-24-26(33)31(22-11-5-10-20(28)17-22)27(35)30(24)16-6-9-19-7-3-2-4-8-19/h2-5,7-8,10-15,17,24H,6,9,16,18H2,1H3,(H,29,32). The summed E-state index contributed by atoms with van der Waals surface area (Å²) in [5, 5.41) is 3.76. The zero-order chi connectivity index (χ0) is 24.8. The van der Waals surface area contributed by atoms with Crippen LogP contribution in [0.4, 0.5) is 11.4 Å². The number of nitrogens with one attached hydrogen (secondary N) is 1. The summed E-state index contributed by atoms with van der Waals surface area (Å²) in [4.78, 5) is 29.7. The molecule has 1 N–H and O–H groups in total. The number of carbonyl (C=O) groups is 2. The Morgan fingerprint density at radius 3 is 2.49 bits per heavy atom. The van der Waals surface area contributed by atoms with E-state index >= 15 is 0 Å². The van der Waals surface area contributed by atoms with Crippen molar-refractivity contribution < 1.29 is 14.3 Å². The summed E-state index contributed by atoms with van der Waals surface area (Å²) in [5.41, 5.74) is 2.44. The lowest BCUT2D eigenvalue weighted by atomic mass is 10.1. The summed E-state index contributed by atoms with van der Waals surface area (Å²) in [6.07, 6.45) is 1.61. The Balaban J connectivity index is 1.50. The number of nitrogens with zero attached hydrogens (tertiary/aromatic N) is 2. The lowest BCUT2D eigenvalue weighted by Crippen LogP contribution is -2.38. The first kappa shape index (κ1) is 24.7. The molecule has 180 valence electrons. The first-order chi connectivity index (χ1) is 17.0. The van der Waals surface area contributed by atoms with Gasteiger partial charge in [-0.2, -0.15) is 0 Å². The van der Waals surface area contributed by atoms with E-state index in [1.807, 2.05) is 23.1 Å². The fraction of sp³-hybridized carbons (Fsp3) is 0.222. The summed E-state index contributed by atoms with van der Waals surface area (Å²) >= 11 is 11.9. The number of hydrogen-bond acceptors (Lipinski definition) is 4. The minimum Gasteiger partial charge on any atom is -0.497 e. The Hall–Kier alpha value is -3.42. The lowest BCUT2D eigenvalue weighted by molar-refractivity contribution is -0.124. The molecule has 2 amide bonds. The molecule has 1 unspecified atom stereocenters. The maximum Gasteiger partial charge on any atom is 0.256 e. The van der Waals surface area contributed by atoms with E-state index in [2.05, 4.69) is 17.4 Å². The lowest BCUT2D eigenvalue weighted by Gasteiger charge is -2.24. The zero-order valence-corrected chi connectivity index (χ0v) is 20.9. The van der Waals surface area contributed by atoms with Gasteiger partial charge in [0.25, 0.3) is 5.91 Å². The van der Waals surface area contributed by atoms with Gasteiger partial charge in [-0.05, 0) is 73.1 Å². The Labute approximate surface area is 215 Å². The normalized spacial score (nSPS) is 15.4. The maximum absolute atomic E-state index is 13.5. The summed E-state index contributed by atoms with van der Waals surface area (Å²) in [6, 6.07) is 23.5. The van der Waals surface area contributed by atoms with Crippen LogP contribution in [0.5, 0.6) is 5.75 Å². The van der Waals surface area contributed by atoms with Gasteiger partial charge in [-0.25, -0.2) is 0 Å². The number of carbonyl (C=O) groups excluding carboxylic acids is 2. The minimum atomic E-state index is -0.699. The molecule has 1 aliphatic rings. The predicted molar refractivity (Wildman–Crippen MR) is 143 cm³/mol. The molecule has 0 spiro atoms. The van der Waals surface area contributed by atoms with Gasteiger partial charge in [0.2, 0.25) is 5.91 Å². The van der Waals surface area contributed by atoms with Crippen molar-refractivity contribution in [2.24, 2.45) is 0 Å². The van der Waals surface area contributed by atoms with Gasteiger partial charge in [-0.3, -0.25) is 14.5 Å². The molecule has 0 bridgehead atoms. The van der Waals surface area contributed by atoms with Crippen molar-refractivity contribution in [3.05, 3.63) is 89.4 Å². The zero-order valence-electron chi connectivity index (χ0n) is 19.3. The SMILES string of the molecule is COc1ccc(NC(=O)CC2C(=O)N(c3cccc(Cl)c3)C(=S)N2CCCc2ccccc2)cc1. The number of rotatable bonds is 9. The summed E-state index contributed by atoms with van der Waals surface area (Å²) < 4.78 is 5.16. The van der Waals surface area contributed by atoms with Crippen molar-refractivity contribution >= 4 is 52.1 Å². The van der Waals surface area contributed by atoms with E-state index < -0.39 is 6.04 Å². The molecular formula is C27H26ClN3O3S. The molecule has 8 heteroatoms. The number of thiocarbonyl (C=S) groups is 1. The average molecular weight is 508 g/mol. The van der Waals surface area contributed by atoms with Crippen molar-refractivity contribution in [2.75, 3.05) is 23.9 Å². The average Bonchev–Trinajstić information content (AvgIpc) is 3.09. The highest BCUT2D eigenvalue weighted by molar-refractivity contribution is 7.80. The molecule has 0 aromatic heterocycles. The van der Waals surface area contributed by atoms with E-state index in [1.54, 1.807) is 55.6 Å². The maximum atomic E-state index is 13.5. The fourth-order valence-corrected chi connectivity index (χ4v) is 4.70. The number of hydrogen-bond donors (Lipinski definition) is 1. The summed E-state index contributed by atoms with van der Waals surface area (Å²) in [6.45, 7) is 0.553. The summed E-state index contributed by atoms with van der Waals surface area (Å²) in [7, 11) is 1.58. The number of ether oxygens (including phenoxy) is 1. The predicted octanol–water partition coefficient (Wildman–Crippen LogP) is 5.31. The van der Waals surface area contributed by atoms with Crippen molar-refractivity contribution in [1.29, 1.82) is 0 Å². The van der Waals surface area contributed by atoms with Crippen LogP contribution in [0.1, 0.15) is 18.4 Å². The monoisotopic (exact) mass is 507 g/mol. The van der Waals surface area contributed by atoms with E-state index in [9.17, 15) is 9.59 Å². The Morgan fingerprint density at radius 1 is 1.06 bits per heavy atom. The van der Waals surface area contributed by atoms with Crippen LogP contribution in [0.3, 0.4) is 0 Å². The third-order valence-electron chi connectivity index (χ3n) is 5.84. The van der Waals surface area contributed by atoms with E-state index in [4.69, 9.17) is 28.6 Å². The molecule has 4 rings (SSSR count). The first-order valence-corrected chi connectivity index (χ1v) is 12.1. The van der Waals surface area contributed by atoms with Gasteiger partial charge in [0.15, 0.2) is 5.11 Å². The van der Waals surface area contributed by atoms with Crippen molar-refractivity contribution in [3.63, 3.8) is 0 Å². The van der Waals surface area contributed by atoms with Gasteiger partial charge in [-0.15, -0.1) is 0 Å². The van der Waals surface area contributed by atoms with E-state index in [1.165, 1.54) is 10.5 Å². The molecule has 3 aromatic rings. The van der Waals surface area contributed by atoms with Crippen LogP contribution in [-0.4, -0.2) is 41.5 Å². The van der Waals surface area contributed by atoms with E-state index in [0.29, 0.717) is 33.8 Å². The highest BCUT2D eigenvalue weighted by Gasteiger charge is 2.43. The number of anilines is 2. The Bertz CT molecular complexity index is 1200. The second kappa shape index (κ2) is 11.3. The molecule has 1 aliphatic heterocycles. The summed E-state index contributed by atoms with van der Waals surface area (Å²) in [5.74, 6) is 0.195. The smallest absolute Gasteiger partial charge is 0.256 e. The molecule has 1 atom stereocenters. The highest BCUT2D eigenvalue weighted by atomic mass is 35.5. The molecular weight excluding hydrogens is 482 g/mol.